The molecule has 0 radical (unpaired) electrons. The first-order valence-electron chi connectivity index (χ1n) is 18.2. The van der Waals surface area contributed by atoms with E-state index in [1.54, 1.807) is 24.3 Å². The smallest absolute Gasteiger partial charge is 0.201 e. The van der Waals surface area contributed by atoms with Gasteiger partial charge in [-0.15, -0.1) is 0 Å². The van der Waals surface area contributed by atoms with E-state index in [0.29, 0.717) is 11.1 Å². The van der Waals surface area contributed by atoms with Crippen molar-refractivity contribution in [3.63, 3.8) is 0 Å². The van der Waals surface area contributed by atoms with Crippen LogP contribution >= 0.6 is 0 Å². The van der Waals surface area contributed by atoms with Crippen LogP contribution in [0.5, 0.6) is 57.5 Å². The fourth-order valence-electron chi connectivity index (χ4n) is 7.30. The number of phenols is 10. The molecule has 0 unspecified atom stereocenters. The van der Waals surface area contributed by atoms with Gasteiger partial charge in [0.05, 0.1) is 21.9 Å². The van der Waals surface area contributed by atoms with E-state index < -0.39 is 102 Å². The van der Waals surface area contributed by atoms with E-state index in [0.717, 1.165) is 22.3 Å². The van der Waals surface area contributed by atoms with Gasteiger partial charge < -0.3 is 55.5 Å². The molecule has 0 atom stereocenters. The van der Waals surface area contributed by atoms with E-state index in [1.807, 2.05) is 84.9 Å². The van der Waals surface area contributed by atoms with Crippen LogP contribution in [0.2, 0.25) is 0 Å². The molecule has 15 heteroatoms. The van der Waals surface area contributed by atoms with Crippen LogP contribution in [0.25, 0.3) is 89.5 Å². The number of rotatable bonds is 6. The average molecular weight is 800 g/mol. The molecule has 7 aromatic carbocycles. The van der Waals surface area contributed by atoms with Gasteiger partial charge in [0.25, 0.3) is 0 Å². The van der Waals surface area contributed by atoms with Crippen molar-refractivity contribution in [1.29, 1.82) is 0 Å². The highest BCUT2D eigenvalue weighted by Gasteiger charge is 2.35. The van der Waals surface area contributed by atoms with Crippen molar-refractivity contribution in [3.05, 3.63) is 109 Å². The first kappa shape index (κ1) is 37.0. The van der Waals surface area contributed by atoms with Crippen LogP contribution in [0.3, 0.4) is 0 Å². The molecule has 60 heavy (non-hydrogen) atoms. The summed E-state index contributed by atoms with van der Waals surface area (Å²) in [6.45, 7) is 0. The Labute approximate surface area is 339 Å². The van der Waals surface area contributed by atoms with Gasteiger partial charge in [-0.25, -0.2) is 15.0 Å². The van der Waals surface area contributed by atoms with Crippen LogP contribution < -0.4 is 5.46 Å². The summed E-state index contributed by atoms with van der Waals surface area (Å²) in [5.41, 5.74) is 0.584. The number of nitrogens with zero attached hydrogens (tertiary/aromatic N) is 3. The molecule has 0 spiro atoms. The van der Waals surface area contributed by atoms with Gasteiger partial charge in [0.2, 0.25) is 5.75 Å². The van der Waals surface area contributed by atoms with Crippen LogP contribution in [0, 0.1) is 0 Å². The minimum atomic E-state index is -1.21. The van der Waals surface area contributed by atoms with Gasteiger partial charge in [-0.05, 0) is 33.8 Å². The lowest BCUT2D eigenvalue weighted by Gasteiger charge is -2.18. The lowest BCUT2D eigenvalue weighted by molar-refractivity contribution is 0.374. The molecule has 2 heterocycles. The van der Waals surface area contributed by atoms with Crippen molar-refractivity contribution >= 4 is 35.2 Å². The van der Waals surface area contributed by atoms with Crippen molar-refractivity contribution in [3.8, 4) is 125 Å². The normalized spacial score (nSPS) is 11.4. The Morgan fingerprint density at radius 3 is 1.37 bits per heavy atom. The van der Waals surface area contributed by atoms with Gasteiger partial charge in [-0.1, -0.05) is 103 Å². The summed E-state index contributed by atoms with van der Waals surface area (Å²) in [4.78, 5) is 13.9. The standard InChI is InChI=1S/C45H30BN3O11/c46-30-31(50)27-28-35(54)34(53)26(38(57)41(28)60-42(27)40(59)39(30)58)25-32(51)36(55)29(37(56)33(25)52)45-48-43(22-16-14-21(15-17-22)19-8-3-1-4-9-19)47-44(49-45)24-13-7-12-23(18-24)20-10-5-2-6-11-20/h1-18,50-59H,46H2. The Bertz CT molecular complexity index is 3180. The number of aromatic hydroxyl groups is 10. The Morgan fingerprint density at radius 2 is 0.750 bits per heavy atom. The largest absolute Gasteiger partial charge is 0.508 e. The Morgan fingerprint density at radius 1 is 0.333 bits per heavy atom. The maximum Gasteiger partial charge on any atom is 0.201 e. The second-order valence-corrected chi connectivity index (χ2v) is 13.9. The third kappa shape index (κ3) is 5.63. The van der Waals surface area contributed by atoms with E-state index in [-0.39, 0.29) is 17.1 Å². The van der Waals surface area contributed by atoms with Crippen molar-refractivity contribution in [1.82, 2.24) is 15.0 Å². The molecule has 0 fully saturated rings. The number of hydrogen-bond donors (Lipinski definition) is 10. The minimum Gasteiger partial charge on any atom is -0.508 e. The Balaban J connectivity index is 1.25. The quantitative estimate of drug-likeness (QED) is 0.0458. The van der Waals surface area contributed by atoms with Crippen LogP contribution in [0.1, 0.15) is 0 Å². The molecule has 0 saturated heterocycles. The van der Waals surface area contributed by atoms with Gasteiger partial charge >= 0.3 is 0 Å². The molecule has 0 aliphatic heterocycles. The molecule has 0 amide bonds. The average Bonchev–Trinajstić information content (AvgIpc) is 3.70. The Hall–Kier alpha value is -8.59. The van der Waals surface area contributed by atoms with Crippen LogP contribution in [0.4, 0.5) is 0 Å². The molecule has 0 saturated carbocycles. The fraction of sp³-hybridized carbons (Fsp3) is 0. The van der Waals surface area contributed by atoms with Crippen LogP contribution in [-0.2, 0) is 0 Å². The summed E-state index contributed by atoms with van der Waals surface area (Å²) in [6, 6.07) is 33.8. The van der Waals surface area contributed by atoms with E-state index >= 15 is 0 Å². The molecular weight excluding hydrogens is 769 g/mol. The number of benzene rings is 7. The van der Waals surface area contributed by atoms with Crippen molar-refractivity contribution < 1.29 is 55.5 Å². The topological polar surface area (TPSA) is 254 Å². The molecule has 2 aromatic heterocycles. The zero-order chi connectivity index (χ0) is 42.1. The summed E-state index contributed by atoms with van der Waals surface area (Å²) in [5.74, 6) is -10.5. The molecule has 0 aliphatic carbocycles. The predicted molar refractivity (Wildman–Crippen MR) is 225 cm³/mol. The van der Waals surface area contributed by atoms with Gasteiger partial charge in [0.1, 0.15) is 19.2 Å². The molecule has 0 bridgehead atoms. The molecule has 294 valence electrons. The van der Waals surface area contributed by atoms with Crippen LogP contribution in [0.15, 0.2) is 114 Å². The SMILES string of the molecule is Bc1c(O)c(O)c2oc3c(O)c(-c4c(O)c(O)c(-c5nc(-c6ccc(-c7ccccc7)cc6)nc(-c6cccc(-c7ccccc7)c6)n5)c(O)c4O)c(O)c(O)c3c2c1O. The lowest BCUT2D eigenvalue weighted by atomic mass is 9.90. The number of aromatic nitrogens is 3. The van der Waals surface area contributed by atoms with Crippen molar-refractivity contribution in [2.45, 2.75) is 0 Å². The van der Waals surface area contributed by atoms with E-state index in [1.165, 1.54) is 7.85 Å². The first-order valence-corrected chi connectivity index (χ1v) is 18.2. The van der Waals surface area contributed by atoms with E-state index in [2.05, 4.69) is 9.97 Å². The minimum absolute atomic E-state index is 0.0879. The number of hydrogen-bond acceptors (Lipinski definition) is 14. The summed E-state index contributed by atoms with van der Waals surface area (Å²) in [5, 5.41) is 111. The highest BCUT2D eigenvalue weighted by Crippen LogP contribution is 2.62. The molecule has 9 aromatic rings. The van der Waals surface area contributed by atoms with Gasteiger partial charge in [0.15, 0.2) is 74.6 Å². The summed E-state index contributed by atoms with van der Waals surface area (Å²) in [6.07, 6.45) is 0. The maximum absolute atomic E-state index is 11.6. The van der Waals surface area contributed by atoms with Crippen molar-refractivity contribution in [2.75, 3.05) is 0 Å². The van der Waals surface area contributed by atoms with Gasteiger partial charge in [-0.3, -0.25) is 0 Å². The lowest BCUT2D eigenvalue weighted by Crippen LogP contribution is -2.03. The second kappa shape index (κ2) is 13.8. The van der Waals surface area contributed by atoms with E-state index in [9.17, 15) is 51.1 Å². The van der Waals surface area contributed by atoms with Gasteiger partial charge in [-0.2, -0.15) is 0 Å². The number of furan rings is 1. The molecular formula is C45H30BN3O11. The zero-order valence-electron chi connectivity index (χ0n) is 31.1. The zero-order valence-corrected chi connectivity index (χ0v) is 31.1. The Kier molecular flexibility index (Phi) is 8.52. The summed E-state index contributed by atoms with van der Waals surface area (Å²) in [7, 11) is 1.25. The predicted octanol–water partition coefficient (Wildman–Crippen LogP) is 7.09. The second-order valence-electron chi connectivity index (χ2n) is 13.9. The molecule has 14 nitrogen and oxygen atoms in total. The number of phenolic OH excluding ortho intramolecular Hbond substituents is 10. The third-order valence-corrected chi connectivity index (χ3v) is 10.4. The summed E-state index contributed by atoms with van der Waals surface area (Å²) < 4.78 is 5.54. The molecule has 10 N–H and O–H groups in total. The van der Waals surface area contributed by atoms with Crippen molar-refractivity contribution in [2.24, 2.45) is 0 Å². The molecule has 0 aliphatic rings. The fourth-order valence-corrected chi connectivity index (χ4v) is 7.30. The van der Waals surface area contributed by atoms with Gasteiger partial charge in [0, 0.05) is 11.1 Å². The number of fused-ring (bicyclic) bond motifs is 3. The highest BCUT2D eigenvalue weighted by molar-refractivity contribution is 6.39. The van der Waals surface area contributed by atoms with Crippen LogP contribution in [-0.4, -0.2) is 73.9 Å². The third-order valence-electron chi connectivity index (χ3n) is 10.4. The monoisotopic (exact) mass is 799 g/mol. The highest BCUT2D eigenvalue weighted by atomic mass is 16.4. The molecule has 9 rings (SSSR count). The van der Waals surface area contributed by atoms with E-state index in [4.69, 9.17) is 9.40 Å². The summed E-state index contributed by atoms with van der Waals surface area (Å²) >= 11 is 0. The maximum atomic E-state index is 11.6. The first-order chi connectivity index (χ1) is 28.8.